The summed E-state index contributed by atoms with van der Waals surface area (Å²) in [6, 6.07) is 11.6. The van der Waals surface area contributed by atoms with E-state index in [9.17, 15) is 14.9 Å². The Morgan fingerprint density at radius 3 is 2.48 bits per heavy atom. The fourth-order valence-electron chi connectivity index (χ4n) is 1.86. The zero-order valence-corrected chi connectivity index (χ0v) is 14.9. The molecule has 0 aliphatic heterocycles. The number of pyridine rings is 1. The van der Waals surface area contributed by atoms with E-state index in [4.69, 9.17) is 18.1 Å². The van der Waals surface area contributed by atoms with Crippen LogP contribution in [0.3, 0.4) is 0 Å². The number of rotatable bonds is 6. The Balaban J connectivity index is 2.02. The Morgan fingerprint density at radius 1 is 1.28 bits per heavy atom. The number of Topliss-reactive ketones (excluding diaryl/α,β-unsaturated/α-hetero) is 1. The van der Waals surface area contributed by atoms with Crippen molar-refractivity contribution in [2.75, 3.05) is 15.9 Å². The van der Waals surface area contributed by atoms with E-state index in [0.717, 1.165) is 16.8 Å². The second-order valence-corrected chi connectivity index (χ2v) is 6.43. The molecule has 25 heavy (non-hydrogen) atoms. The Kier molecular flexibility index (Phi) is 6.39. The van der Waals surface area contributed by atoms with Crippen molar-refractivity contribution < 1.29 is 9.83 Å². The summed E-state index contributed by atoms with van der Waals surface area (Å²) in [6.07, 6.45) is 1.46. The van der Waals surface area contributed by atoms with E-state index in [1.165, 1.54) is 18.1 Å². The quantitative estimate of drug-likeness (QED) is 0.203. The zero-order valence-electron chi connectivity index (χ0n) is 13.2. The molecule has 0 unspecified atom stereocenters. The molecule has 0 spiro atoms. The van der Waals surface area contributed by atoms with Crippen molar-refractivity contribution in [2.24, 2.45) is 5.84 Å². The van der Waals surface area contributed by atoms with Crippen molar-refractivity contribution in [3.63, 3.8) is 0 Å². The molecule has 2 aromatic rings. The van der Waals surface area contributed by atoms with Crippen LogP contribution in [-0.4, -0.2) is 26.0 Å². The number of thiocarbonyl (C=S) groups is 1. The van der Waals surface area contributed by atoms with Gasteiger partial charge in [0.15, 0.2) is 10.8 Å². The van der Waals surface area contributed by atoms with Crippen LogP contribution in [0.2, 0.25) is 0 Å². The summed E-state index contributed by atoms with van der Waals surface area (Å²) in [7, 11) is 0. The normalized spacial score (nSPS) is 10.2. The van der Waals surface area contributed by atoms with Gasteiger partial charge in [-0.05, 0) is 41.5 Å². The number of hydrogen-bond donors (Lipinski definition) is 1. The van der Waals surface area contributed by atoms with E-state index in [1.807, 2.05) is 0 Å². The van der Waals surface area contributed by atoms with E-state index in [1.54, 1.807) is 42.5 Å². The van der Waals surface area contributed by atoms with E-state index < -0.39 is 5.03 Å². The highest BCUT2D eigenvalue weighted by atomic mass is 32.2. The molecule has 1 aromatic carbocycles. The Hall–Kier alpha value is -2.56. The van der Waals surface area contributed by atoms with Crippen molar-refractivity contribution in [1.29, 1.82) is 0 Å². The molecule has 2 N–H and O–H groups in total. The first-order valence-electron chi connectivity index (χ1n) is 7.05. The van der Waals surface area contributed by atoms with Gasteiger partial charge in [-0.2, -0.15) is 0 Å². The molecular formula is C15H15N5O3S2. The number of benzene rings is 1. The molecule has 0 aliphatic carbocycles. The van der Waals surface area contributed by atoms with Crippen LogP contribution in [0.5, 0.6) is 0 Å². The van der Waals surface area contributed by atoms with Crippen molar-refractivity contribution in [3.8, 4) is 0 Å². The van der Waals surface area contributed by atoms with Crippen LogP contribution < -0.4 is 15.9 Å². The van der Waals surface area contributed by atoms with Crippen molar-refractivity contribution >= 4 is 45.5 Å². The Bertz CT molecular complexity index is 770. The maximum Gasteiger partial charge on any atom is 0.209 e. The standard InChI is InChI=1S/C15H15N5O3S2/c1-11(21)14-8-7-13(9-17-14)18(16)10-25-15(24)19(20(22)23)12-5-3-2-4-6-12/h2-9H,10,16H2,1H3. The first-order chi connectivity index (χ1) is 11.9. The summed E-state index contributed by atoms with van der Waals surface area (Å²) in [6.45, 7) is 1.42. The van der Waals surface area contributed by atoms with E-state index in [2.05, 4.69) is 4.98 Å². The second kappa shape index (κ2) is 8.51. The van der Waals surface area contributed by atoms with Crippen LogP contribution in [0.15, 0.2) is 48.7 Å². The van der Waals surface area contributed by atoms with E-state index >= 15 is 0 Å². The number of para-hydroxylation sites is 1. The fraction of sp³-hybridized carbons (Fsp3) is 0.133. The molecule has 0 atom stereocenters. The van der Waals surface area contributed by atoms with Crippen molar-refractivity contribution in [2.45, 2.75) is 6.92 Å². The van der Waals surface area contributed by atoms with Crippen molar-refractivity contribution in [3.05, 3.63) is 64.5 Å². The molecule has 0 bridgehead atoms. The number of aromatic nitrogens is 1. The lowest BCUT2D eigenvalue weighted by molar-refractivity contribution is -0.478. The SMILES string of the molecule is CC(=O)c1ccc(N(N)CSC(=S)N(c2ccccc2)[N+](=O)[O-])cn1. The van der Waals surface area contributed by atoms with E-state index in [0.29, 0.717) is 17.1 Å². The average molecular weight is 377 g/mol. The van der Waals surface area contributed by atoms with Gasteiger partial charge in [-0.15, -0.1) is 0 Å². The Labute approximate surface area is 153 Å². The summed E-state index contributed by atoms with van der Waals surface area (Å²) in [5.74, 6) is 5.96. The fourth-order valence-corrected chi connectivity index (χ4v) is 2.88. The van der Waals surface area contributed by atoms with Gasteiger partial charge in [0.25, 0.3) is 0 Å². The first-order valence-corrected chi connectivity index (χ1v) is 8.45. The van der Waals surface area contributed by atoms with Gasteiger partial charge in [0.1, 0.15) is 11.4 Å². The third kappa shape index (κ3) is 4.95. The second-order valence-electron chi connectivity index (χ2n) is 4.85. The molecular weight excluding hydrogens is 362 g/mol. The molecule has 130 valence electrons. The third-order valence-corrected chi connectivity index (χ3v) is 4.46. The highest BCUT2D eigenvalue weighted by Crippen LogP contribution is 2.21. The van der Waals surface area contributed by atoms with E-state index in [-0.39, 0.29) is 16.0 Å². The molecule has 0 amide bonds. The first kappa shape index (κ1) is 18.8. The minimum Gasteiger partial charge on any atom is -0.299 e. The lowest BCUT2D eigenvalue weighted by Crippen LogP contribution is -2.36. The molecule has 0 radical (unpaired) electrons. The molecule has 0 fully saturated rings. The molecule has 1 aromatic heterocycles. The zero-order chi connectivity index (χ0) is 18.4. The number of carbonyl (C=O) groups is 1. The predicted octanol–water partition coefficient (Wildman–Crippen LogP) is 2.64. The molecule has 8 nitrogen and oxygen atoms in total. The number of thioether (sulfide) groups is 1. The van der Waals surface area contributed by atoms with Crippen LogP contribution in [0.25, 0.3) is 0 Å². The summed E-state index contributed by atoms with van der Waals surface area (Å²) >= 11 is 6.20. The number of nitro groups is 1. The molecule has 0 saturated carbocycles. The van der Waals surface area contributed by atoms with Gasteiger partial charge < -0.3 is 0 Å². The smallest absolute Gasteiger partial charge is 0.209 e. The van der Waals surface area contributed by atoms with Gasteiger partial charge in [0.2, 0.25) is 4.32 Å². The summed E-state index contributed by atoms with van der Waals surface area (Å²) in [5.41, 5.74) is 1.26. The van der Waals surface area contributed by atoms with Crippen LogP contribution >= 0.6 is 24.0 Å². The third-order valence-electron chi connectivity index (χ3n) is 3.10. The van der Waals surface area contributed by atoms with Crippen LogP contribution in [0.1, 0.15) is 17.4 Å². The number of hydrazine groups is 2. The summed E-state index contributed by atoms with van der Waals surface area (Å²) in [5, 5.41) is 12.9. The highest BCUT2D eigenvalue weighted by Gasteiger charge is 2.23. The number of carbonyl (C=O) groups excluding carboxylic acids is 1. The van der Waals surface area contributed by atoms with Gasteiger partial charge in [-0.25, -0.2) is 16.0 Å². The van der Waals surface area contributed by atoms with Gasteiger partial charge >= 0.3 is 0 Å². The molecule has 0 aliphatic rings. The van der Waals surface area contributed by atoms with Crippen molar-refractivity contribution in [1.82, 2.24) is 4.98 Å². The van der Waals surface area contributed by atoms with Gasteiger partial charge in [-0.3, -0.25) is 14.8 Å². The lowest BCUT2D eigenvalue weighted by atomic mass is 10.2. The maximum absolute atomic E-state index is 11.3. The summed E-state index contributed by atoms with van der Waals surface area (Å²) in [4.78, 5) is 26.5. The van der Waals surface area contributed by atoms with Crippen LogP contribution in [0.4, 0.5) is 11.4 Å². The van der Waals surface area contributed by atoms with Gasteiger partial charge in [-0.1, -0.05) is 30.0 Å². The minimum atomic E-state index is -0.575. The predicted molar refractivity (Wildman–Crippen MR) is 102 cm³/mol. The van der Waals surface area contributed by atoms with Gasteiger partial charge in [0.05, 0.1) is 17.8 Å². The van der Waals surface area contributed by atoms with Crippen LogP contribution in [-0.2, 0) is 0 Å². The highest BCUT2D eigenvalue weighted by molar-refractivity contribution is 8.23. The topological polar surface area (TPSA) is 106 Å². The van der Waals surface area contributed by atoms with Gasteiger partial charge in [0, 0.05) is 6.92 Å². The number of nitrogens with two attached hydrogens (primary N) is 1. The largest absolute Gasteiger partial charge is 0.299 e. The Morgan fingerprint density at radius 2 is 1.96 bits per heavy atom. The molecule has 0 saturated heterocycles. The number of hydrogen-bond acceptors (Lipinski definition) is 8. The average Bonchev–Trinajstić information content (AvgIpc) is 2.60. The monoisotopic (exact) mass is 377 g/mol. The lowest BCUT2D eigenvalue weighted by Gasteiger charge is -2.19. The molecule has 2 rings (SSSR count). The number of anilines is 2. The summed E-state index contributed by atoms with van der Waals surface area (Å²) < 4.78 is 0.0555. The minimum absolute atomic E-state index is 0.0555. The molecule has 10 heteroatoms. The van der Waals surface area contributed by atoms with Crippen LogP contribution in [0, 0.1) is 10.1 Å². The number of nitrogens with zero attached hydrogens (tertiary/aromatic N) is 4. The molecule has 1 heterocycles. The number of ketones is 1. The maximum atomic E-state index is 11.3.